The second-order valence-electron chi connectivity index (χ2n) is 6.99. The first-order chi connectivity index (χ1) is 11.2. The third-order valence-electron chi connectivity index (χ3n) is 5.41. The van der Waals surface area contributed by atoms with Crippen molar-refractivity contribution in [3.63, 3.8) is 0 Å². The van der Waals surface area contributed by atoms with Gasteiger partial charge in [0, 0.05) is 31.7 Å². The molecule has 1 saturated carbocycles. The van der Waals surface area contributed by atoms with Crippen molar-refractivity contribution < 1.29 is 0 Å². The predicted octanol–water partition coefficient (Wildman–Crippen LogP) is 2.52. The van der Waals surface area contributed by atoms with E-state index in [9.17, 15) is 0 Å². The van der Waals surface area contributed by atoms with E-state index in [0.29, 0.717) is 6.04 Å². The Kier molecular flexibility index (Phi) is 11.3. The van der Waals surface area contributed by atoms with Crippen LogP contribution in [0.5, 0.6) is 0 Å². The standard InChI is InChI=1S/C18H37N5.HI/c1-4-19-18(21-15-17-11-8-13-23(17)5-2)20-12-14-22(3)16-9-6-7-10-16;/h16-17H,4-15H2,1-3H3,(H2,19,20,21);1H. The Bertz CT molecular complexity index is 357. The first kappa shape index (κ1) is 22.0. The second kappa shape index (κ2) is 12.3. The average molecular weight is 451 g/mol. The van der Waals surface area contributed by atoms with E-state index >= 15 is 0 Å². The normalized spacial score (nSPS) is 22.8. The molecular formula is C18H38IN5. The fourth-order valence-corrected chi connectivity index (χ4v) is 3.93. The molecule has 1 unspecified atom stereocenters. The lowest BCUT2D eigenvalue weighted by Gasteiger charge is -2.25. The SMILES string of the molecule is CCNC(=NCC1CCCN1CC)NCCN(C)C1CCCC1.I. The van der Waals surface area contributed by atoms with Gasteiger partial charge in [-0.05, 0) is 52.7 Å². The number of rotatable bonds is 8. The lowest BCUT2D eigenvalue weighted by atomic mass is 10.2. The molecule has 2 N–H and O–H groups in total. The van der Waals surface area contributed by atoms with Crippen LogP contribution in [0.1, 0.15) is 52.4 Å². The van der Waals surface area contributed by atoms with Crippen molar-refractivity contribution in [2.75, 3.05) is 46.3 Å². The summed E-state index contributed by atoms with van der Waals surface area (Å²) in [5.41, 5.74) is 0. The van der Waals surface area contributed by atoms with Gasteiger partial charge in [0.05, 0.1) is 6.54 Å². The van der Waals surface area contributed by atoms with Gasteiger partial charge >= 0.3 is 0 Å². The van der Waals surface area contributed by atoms with Crippen molar-refractivity contribution in [1.82, 2.24) is 20.4 Å². The molecule has 24 heavy (non-hydrogen) atoms. The maximum atomic E-state index is 4.82. The molecular weight excluding hydrogens is 413 g/mol. The Morgan fingerprint density at radius 2 is 1.88 bits per heavy atom. The fourth-order valence-electron chi connectivity index (χ4n) is 3.93. The van der Waals surface area contributed by atoms with Crippen LogP contribution in [0.15, 0.2) is 4.99 Å². The lowest BCUT2D eigenvalue weighted by molar-refractivity contribution is 0.249. The number of nitrogens with one attached hydrogen (secondary N) is 2. The molecule has 1 aliphatic carbocycles. The highest BCUT2D eigenvalue weighted by Gasteiger charge is 2.22. The summed E-state index contributed by atoms with van der Waals surface area (Å²) in [5.74, 6) is 0.982. The van der Waals surface area contributed by atoms with Crippen molar-refractivity contribution in [3.05, 3.63) is 0 Å². The minimum Gasteiger partial charge on any atom is -0.357 e. The summed E-state index contributed by atoms with van der Waals surface area (Å²) in [5, 5.41) is 6.90. The number of nitrogens with zero attached hydrogens (tertiary/aromatic N) is 3. The van der Waals surface area contributed by atoms with Gasteiger partial charge in [0.1, 0.15) is 0 Å². The highest BCUT2D eigenvalue weighted by molar-refractivity contribution is 14.0. The third-order valence-corrected chi connectivity index (χ3v) is 5.41. The molecule has 1 aliphatic heterocycles. The maximum absolute atomic E-state index is 4.82. The van der Waals surface area contributed by atoms with Crippen molar-refractivity contribution in [3.8, 4) is 0 Å². The molecule has 0 aromatic heterocycles. The van der Waals surface area contributed by atoms with Crippen molar-refractivity contribution >= 4 is 29.9 Å². The highest BCUT2D eigenvalue weighted by atomic mass is 127. The minimum atomic E-state index is 0. The Morgan fingerprint density at radius 3 is 2.54 bits per heavy atom. The fraction of sp³-hybridized carbons (Fsp3) is 0.944. The summed E-state index contributed by atoms with van der Waals surface area (Å²) < 4.78 is 0. The average Bonchev–Trinajstić information content (AvgIpc) is 3.23. The molecule has 2 aliphatic rings. The first-order valence-corrected chi connectivity index (χ1v) is 9.71. The van der Waals surface area contributed by atoms with Gasteiger partial charge in [-0.3, -0.25) is 9.89 Å². The van der Waals surface area contributed by atoms with Crippen LogP contribution in [-0.2, 0) is 0 Å². The molecule has 1 heterocycles. The molecule has 2 fully saturated rings. The number of hydrogen-bond donors (Lipinski definition) is 2. The van der Waals surface area contributed by atoms with E-state index in [1.165, 1.54) is 45.1 Å². The minimum absolute atomic E-state index is 0. The number of aliphatic imine (C=N–C) groups is 1. The van der Waals surface area contributed by atoms with Gasteiger partial charge in [-0.1, -0.05) is 19.8 Å². The molecule has 142 valence electrons. The number of hydrogen-bond acceptors (Lipinski definition) is 3. The van der Waals surface area contributed by atoms with Crippen molar-refractivity contribution in [2.45, 2.75) is 64.5 Å². The van der Waals surface area contributed by atoms with E-state index in [2.05, 4.69) is 41.3 Å². The number of likely N-dealkylation sites (N-methyl/N-ethyl adjacent to an activating group) is 2. The summed E-state index contributed by atoms with van der Waals surface area (Å²) in [6.07, 6.45) is 8.17. The van der Waals surface area contributed by atoms with Crippen LogP contribution in [0, 0.1) is 0 Å². The molecule has 2 rings (SSSR count). The molecule has 1 saturated heterocycles. The maximum Gasteiger partial charge on any atom is 0.191 e. The quantitative estimate of drug-likeness (QED) is 0.338. The van der Waals surface area contributed by atoms with Crippen LogP contribution in [-0.4, -0.2) is 74.2 Å². The topological polar surface area (TPSA) is 42.9 Å². The second-order valence-corrected chi connectivity index (χ2v) is 6.99. The van der Waals surface area contributed by atoms with Crippen molar-refractivity contribution in [2.24, 2.45) is 4.99 Å². The number of likely N-dealkylation sites (tertiary alicyclic amines) is 1. The summed E-state index contributed by atoms with van der Waals surface area (Å²) >= 11 is 0. The van der Waals surface area contributed by atoms with Crippen LogP contribution in [0.3, 0.4) is 0 Å². The smallest absolute Gasteiger partial charge is 0.191 e. The Labute approximate surface area is 166 Å². The van der Waals surface area contributed by atoms with Crippen LogP contribution >= 0.6 is 24.0 Å². The summed E-state index contributed by atoms with van der Waals surface area (Å²) in [7, 11) is 2.26. The molecule has 0 amide bonds. The number of guanidine groups is 1. The molecule has 0 aromatic rings. The zero-order valence-corrected chi connectivity index (χ0v) is 18.2. The first-order valence-electron chi connectivity index (χ1n) is 9.71. The van der Waals surface area contributed by atoms with Crippen LogP contribution in [0.4, 0.5) is 0 Å². The molecule has 5 nitrogen and oxygen atoms in total. The third kappa shape index (κ3) is 7.04. The molecule has 0 spiro atoms. The van der Waals surface area contributed by atoms with Gasteiger partial charge in [0.2, 0.25) is 0 Å². The van der Waals surface area contributed by atoms with Crippen LogP contribution < -0.4 is 10.6 Å². The Morgan fingerprint density at radius 1 is 1.12 bits per heavy atom. The summed E-state index contributed by atoms with van der Waals surface area (Å²) in [6, 6.07) is 1.43. The molecule has 6 heteroatoms. The van der Waals surface area contributed by atoms with E-state index in [-0.39, 0.29) is 24.0 Å². The monoisotopic (exact) mass is 451 g/mol. The summed E-state index contributed by atoms with van der Waals surface area (Å²) in [4.78, 5) is 9.89. The van der Waals surface area contributed by atoms with Crippen LogP contribution in [0.2, 0.25) is 0 Å². The molecule has 0 bridgehead atoms. The molecule has 0 radical (unpaired) electrons. The number of halogens is 1. The Hall–Kier alpha value is -0.0800. The Balaban J connectivity index is 0.00000288. The van der Waals surface area contributed by atoms with Crippen molar-refractivity contribution in [1.29, 1.82) is 0 Å². The van der Waals surface area contributed by atoms with Gasteiger partial charge in [-0.15, -0.1) is 24.0 Å². The predicted molar refractivity (Wildman–Crippen MR) is 115 cm³/mol. The van der Waals surface area contributed by atoms with Gasteiger partial charge in [0.25, 0.3) is 0 Å². The van der Waals surface area contributed by atoms with E-state index in [1.54, 1.807) is 0 Å². The van der Waals surface area contributed by atoms with Gasteiger partial charge in [-0.25, -0.2) is 0 Å². The van der Waals surface area contributed by atoms with Gasteiger partial charge in [0.15, 0.2) is 5.96 Å². The van der Waals surface area contributed by atoms with E-state index < -0.39 is 0 Å². The van der Waals surface area contributed by atoms with E-state index in [4.69, 9.17) is 4.99 Å². The molecule has 0 aromatic carbocycles. The van der Waals surface area contributed by atoms with E-state index in [0.717, 1.165) is 44.7 Å². The molecule has 1 atom stereocenters. The highest BCUT2D eigenvalue weighted by Crippen LogP contribution is 2.21. The van der Waals surface area contributed by atoms with Gasteiger partial charge < -0.3 is 15.5 Å². The zero-order valence-electron chi connectivity index (χ0n) is 15.9. The summed E-state index contributed by atoms with van der Waals surface area (Å²) in [6.45, 7) is 10.7. The lowest BCUT2D eigenvalue weighted by Crippen LogP contribution is -2.43. The van der Waals surface area contributed by atoms with Crippen LogP contribution in [0.25, 0.3) is 0 Å². The zero-order chi connectivity index (χ0) is 16.5. The van der Waals surface area contributed by atoms with E-state index in [1.807, 2.05) is 0 Å². The largest absolute Gasteiger partial charge is 0.357 e. The van der Waals surface area contributed by atoms with Gasteiger partial charge in [-0.2, -0.15) is 0 Å².